The maximum Gasteiger partial charge on any atom is 0.0971 e. The van der Waals surface area contributed by atoms with E-state index in [2.05, 4.69) is 17.5 Å². The van der Waals surface area contributed by atoms with Gasteiger partial charge in [0.1, 0.15) is 0 Å². The van der Waals surface area contributed by atoms with Gasteiger partial charge >= 0.3 is 0 Å². The molecule has 29 heavy (non-hydrogen) atoms. The van der Waals surface area contributed by atoms with Crippen LogP contribution < -0.4 is 5.32 Å². The lowest BCUT2D eigenvalue weighted by molar-refractivity contribution is 0.140. The SMILES string of the molecule is OCCCNCCCCCC1=C[C@H]2C[C@@H](O)[C@H](C=C[C@@H](O)c3ccccc3)[C@H]2C1. The Hall–Kier alpha value is -1.46. The highest BCUT2D eigenvalue weighted by Crippen LogP contribution is 2.48. The molecule has 4 heteroatoms. The molecule has 4 nitrogen and oxygen atoms in total. The van der Waals surface area contributed by atoms with E-state index in [1.807, 2.05) is 36.4 Å². The van der Waals surface area contributed by atoms with E-state index >= 15 is 0 Å². The molecule has 160 valence electrons. The maximum absolute atomic E-state index is 10.5. The van der Waals surface area contributed by atoms with E-state index in [4.69, 9.17) is 5.11 Å². The lowest BCUT2D eigenvalue weighted by Gasteiger charge is -2.19. The highest BCUT2D eigenvalue weighted by atomic mass is 16.3. The largest absolute Gasteiger partial charge is 0.396 e. The topological polar surface area (TPSA) is 72.7 Å². The van der Waals surface area contributed by atoms with Gasteiger partial charge in [-0.1, -0.05) is 60.6 Å². The van der Waals surface area contributed by atoms with Crippen LogP contribution in [-0.4, -0.2) is 41.1 Å². The third-order valence-corrected chi connectivity index (χ3v) is 6.47. The standard InChI is InChI=1S/C25H37NO3/c27-15-7-14-26-13-6-2-3-8-19-16-21-18-25(29)22(23(21)17-19)11-12-24(28)20-9-4-1-5-10-20/h1,4-5,9-12,16,21-29H,2-3,6-8,13-15,17-18H2/t21-,22+,23-,24+,25+/m0/s1. The van der Waals surface area contributed by atoms with Crippen LogP contribution in [0, 0.1) is 17.8 Å². The van der Waals surface area contributed by atoms with Crippen LogP contribution in [0.5, 0.6) is 0 Å². The molecule has 0 amide bonds. The van der Waals surface area contributed by atoms with Gasteiger partial charge in [-0.15, -0.1) is 0 Å². The number of nitrogens with one attached hydrogen (secondary N) is 1. The molecular formula is C25H37NO3. The van der Waals surface area contributed by atoms with E-state index in [9.17, 15) is 10.2 Å². The Morgan fingerprint density at radius 1 is 1.07 bits per heavy atom. The summed E-state index contributed by atoms with van der Waals surface area (Å²) in [5, 5.41) is 33.0. The minimum Gasteiger partial charge on any atom is -0.396 e. The summed E-state index contributed by atoms with van der Waals surface area (Å²) >= 11 is 0. The maximum atomic E-state index is 10.5. The fourth-order valence-electron chi connectivity index (χ4n) is 4.89. The van der Waals surface area contributed by atoms with Crippen molar-refractivity contribution in [3.05, 3.63) is 59.7 Å². The molecule has 2 aliphatic carbocycles. The second-order valence-corrected chi connectivity index (χ2v) is 8.62. The number of aliphatic hydroxyl groups is 3. The Morgan fingerprint density at radius 2 is 1.86 bits per heavy atom. The van der Waals surface area contributed by atoms with Gasteiger partial charge < -0.3 is 20.6 Å². The molecule has 5 atom stereocenters. The van der Waals surface area contributed by atoms with Crippen LogP contribution in [-0.2, 0) is 0 Å². The fourth-order valence-corrected chi connectivity index (χ4v) is 4.89. The second kappa shape index (κ2) is 11.7. The normalized spacial score (nSPS) is 27.3. The molecule has 1 saturated carbocycles. The summed E-state index contributed by atoms with van der Waals surface area (Å²) in [6, 6.07) is 9.68. The molecule has 0 unspecified atom stereocenters. The predicted octanol–water partition coefficient (Wildman–Crippen LogP) is 3.75. The smallest absolute Gasteiger partial charge is 0.0971 e. The molecule has 0 aromatic heterocycles. The molecule has 3 rings (SSSR count). The van der Waals surface area contributed by atoms with Crippen LogP contribution in [0.4, 0.5) is 0 Å². The Labute approximate surface area is 175 Å². The highest BCUT2D eigenvalue weighted by molar-refractivity contribution is 5.24. The van der Waals surface area contributed by atoms with Crippen LogP contribution in [0.2, 0.25) is 0 Å². The average Bonchev–Trinajstić information content (AvgIpc) is 3.25. The molecule has 0 aliphatic heterocycles. The lowest BCUT2D eigenvalue weighted by Crippen LogP contribution is -2.17. The first-order valence-electron chi connectivity index (χ1n) is 11.3. The number of hydrogen-bond donors (Lipinski definition) is 4. The summed E-state index contributed by atoms with van der Waals surface area (Å²) in [7, 11) is 0. The molecule has 2 aliphatic rings. The summed E-state index contributed by atoms with van der Waals surface area (Å²) < 4.78 is 0. The van der Waals surface area contributed by atoms with Gasteiger partial charge in [0.15, 0.2) is 0 Å². The molecule has 0 bridgehead atoms. The first-order valence-corrected chi connectivity index (χ1v) is 11.3. The van der Waals surface area contributed by atoms with Gasteiger partial charge in [-0.2, -0.15) is 0 Å². The number of benzene rings is 1. The number of aliphatic hydroxyl groups excluding tert-OH is 3. The molecule has 0 spiro atoms. The number of hydrogen-bond acceptors (Lipinski definition) is 4. The zero-order valence-corrected chi connectivity index (χ0v) is 17.4. The van der Waals surface area contributed by atoms with Crippen molar-refractivity contribution in [3.63, 3.8) is 0 Å². The van der Waals surface area contributed by atoms with Crippen molar-refractivity contribution in [1.82, 2.24) is 5.32 Å². The molecule has 0 heterocycles. The number of fused-ring (bicyclic) bond motifs is 1. The van der Waals surface area contributed by atoms with Gasteiger partial charge in [-0.05, 0) is 69.0 Å². The molecule has 0 saturated heterocycles. The van der Waals surface area contributed by atoms with Crippen molar-refractivity contribution >= 4 is 0 Å². The van der Waals surface area contributed by atoms with Crippen LogP contribution in [0.3, 0.4) is 0 Å². The molecule has 4 N–H and O–H groups in total. The van der Waals surface area contributed by atoms with E-state index in [0.29, 0.717) is 11.8 Å². The first kappa shape index (κ1) is 22.2. The van der Waals surface area contributed by atoms with Crippen molar-refractivity contribution in [1.29, 1.82) is 0 Å². The Balaban J connectivity index is 1.40. The summed E-state index contributed by atoms with van der Waals surface area (Å²) in [6.45, 7) is 2.20. The van der Waals surface area contributed by atoms with Gasteiger partial charge in [0.2, 0.25) is 0 Å². The third-order valence-electron chi connectivity index (χ3n) is 6.47. The van der Waals surface area contributed by atoms with E-state index in [0.717, 1.165) is 37.9 Å². The molecular weight excluding hydrogens is 362 g/mol. The van der Waals surface area contributed by atoms with Gasteiger partial charge in [-0.3, -0.25) is 0 Å². The summed E-state index contributed by atoms with van der Waals surface area (Å²) in [6.07, 6.45) is 13.0. The summed E-state index contributed by atoms with van der Waals surface area (Å²) in [4.78, 5) is 0. The van der Waals surface area contributed by atoms with Gasteiger partial charge in [0.25, 0.3) is 0 Å². The molecule has 1 aromatic rings. The Morgan fingerprint density at radius 3 is 2.66 bits per heavy atom. The van der Waals surface area contributed by atoms with E-state index in [-0.39, 0.29) is 18.6 Å². The van der Waals surface area contributed by atoms with E-state index in [1.54, 1.807) is 5.57 Å². The van der Waals surface area contributed by atoms with Gasteiger partial charge in [-0.25, -0.2) is 0 Å². The van der Waals surface area contributed by atoms with Crippen molar-refractivity contribution in [3.8, 4) is 0 Å². The minimum atomic E-state index is -0.609. The van der Waals surface area contributed by atoms with Crippen molar-refractivity contribution in [2.24, 2.45) is 17.8 Å². The number of rotatable bonds is 12. The predicted molar refractivity (Wildman–Crippen MR) is 117 cm³/mol. The first-order chi connectivity index (χ1) is 14.2. The lowest BCUT2D eigenvalue weighted by atomic mass is 9.88. The van der Waals surface area contributed by atoms with E-state index < -0.39 is 6.10 Å². The Kier molecular flexibility index (Phi) is 8.93. The second-order valence-electron chi connectivity index (χ2n) is 8.62. The quantitative estimate of drug-likeness (QED) is 0.319. The monoisotopic (exact) mass is 399 g/mol. The summed E-state index contributed by atoms with van der Waals surface area (Å²) in [5.74, 6) is 1.12. The van der Waals surface area contributed by atoms with Crippen LogP contribution in [0.15, 0.2) is 54.1 Å². The summed E-state index contributed by atoms with van der Waals surface area (Å²) in [5.41, 5.74) is 2.45. The van der Waals surface area contributed by atoms with Crippen molar-refractivity contribution in [2.45, 2.75) is 57.2 Å². The Bertz CT molecular complexity index is 657. The van der Waals surface area contributed by atoms with Crippen LogP contribution in [0.1, 0.15) is 56.6 Å². The van der Waals surface area contributed by atoms with Crippen molar-refractivity contribution < 1.29 is 15.3 Å². The zero-order valence-electron chi connectivity index (χ0n) is 17.4. The molecule has 1 fully saturated rings. The number of allylic oxidation sites excluding steroid dienone is 2. The van der Waals surface area contributed by atoms with Gasteiger partial charge in [0, 0.05) is 12.5 Å². The average molecular weight is 400 g/mol. The van der Waals surface area contributed by atoms with Crippen LogP contribution in [0.25, 0.3) is 0 Å². The minimum absolute atomic E-state index is 0.142. The van der Waals surface area contributed by atoms with Crippen LogP contribution >= 0.6 is 0 Å². The molecule has 1 aromatic carbocycles. The third kappa shape index (κ3) is 6.51. The van der Waals surface area contributed by atoms with Crippen molar-refractivity contribution in [2.75, 3.05) is 19.7 Å². The highest BCUT2D eigenvalue weighted by Gasteiger charge is 2.43. The number of unbranched alkanes of at least 4 members (excludes halogenated alkanes) is 2. The fraction of sp³-hybridized carbons (Fsp3) is 0.600. The molecule has 0 radical (unpaired) electrons. The van der Waals surface area contributed by atoms with Gasteiger partial charge in [0.05, 0.1) is 12.2 Å². The van der Waals surface area contributed by atoms with E-state index in [1.165, 1.54) is 25.7 Å². The zero-order chi connectivity index (χ0) is 20.5.